The average molecular weight is 298 g/mol. The Morgan fingerprint density at radius 2 is 1.65 bits per heavy atom. The van der Waals surface area contributed by atoms with E-state index in [9.17, 15) is 8.78 Å². The molecule has 0 spiro atoms. The van der Waals surface area contributed by atoms with Gasteiger partial charge >= 0.3 is 0 Å². The van der Waals surface area contributed by atoms with Gasteiger partial charge in [0.2, 0.25) is 0 Å². The summed E-state index contributed by atoms with van der Waals surface area (Å²) in [6.07, 6.45) is 0. The Morgan fingerprint density at radius 3 is 2.10 bits per heavy atom. The summed E-state index contributed by atoms with van der Waals surface area (Å²) < 4.78 is 33.1. The number of hydrogen-bond acceptors (Lipinski definition) is 2. The molecule has 5 heteroatoms. The van der Waals surface area contributed by atoms with Gasteiger partial charge in [-0.05, 0) is 24.7 Å². The first-order valence-corrected chi connectivity index (χ1v) is 6.40. The molecule has 0 saturated carbocycles. The fourth-order valence-electron chi connectivity index (χ4n) is 2.09. The van der Waals surface area contributed by atoms with E-state index in [-0.39, 0.29) is 11.3 Å². The number of rotatable bonds is 4. The number of nitrogens with one attached hydrogen (secondary N) is 1. The molecule has 20 heavy (non-hydrogen) atoms. The second-order valence-corrected chi connectivity index (χ2v) is 4.71. The van der Waals surface area contributed by atoms with E-state index in [1.807, 2.05) is 0 Å². The molecular weight excluding hydrogens is 284 g/mol. The third-order valence-corrected chi connectivity index (χ3v) is 3.32. The summed E-state index contributed by atoms with van der Waals surface area (Å²) in [7, 11) is 3.00. The van der Waals surface area contributed by atoms with Gasteiger partial charge in [-0.3, -0.25) is 0 Å². The molecule has 2 rings (SSSR count). The van der Waals surface area contributed by atoms with Gasteiger partial charge in [-0.15, -0.1) is 0 Å². The maximum atomic E-state index is 14.1. The molecule has 1 unspecified atom stereocenters. The molecule has 0 bridgehead atoms. The Morgan fingerprint density at radius 1 is 1.10 bits per heavy atom. The lowest BCUT2D eigenvalue weighted by atomic mass is 9.97. The highest BCUT2D eigenvalue weighted by Gasteiger charge is 2.21. The zero-order valence-corrected chi connectivity index (χ0v) is 11.8. The van der Waals surface area contributed by atoms with Crippen LogP contribution in [0.5, 0.6) is 5.75 Å². The van der Waals surface area contributed by atoms with Gasteiger partial charge in [0.15, 0.2) is 0 Å². The van der Waals surface area contributed by atoms with Crippen molar-refractivity contribution < 1.29 is 13.5 Å². The lowest BCUT2D eigenvalue weighted by molar-refractivity contribution is 0.403. The Bertz CT molecular complexity index is 578. The summed E-state index contributed by atoms with van der Waals surface area (Å²) in [5.41, 5.74) is 0.676. The Labute approximate surface area is 121 Å². The van der Waals surface area contributed by atoms with E-state index in [1.165, 1.54) is 19.2 Å². The van der Waals surface area contributed by atoms with Crippen LogP contribution in [0.2, 0.25) is 5.02 Å². The maximum Gasteiger partial charge on any atom is 0.134 e. The van der Waals surface area contributed by atoms with Crippen LogP contribution in [0.15, 0.2) is 36.4 Å². The summed E-state index contributed by atoms with van der Waals surface area (Å²) in [6.45, 7) is 0. The van der Waals surface area contributed by atoms with E-state index < -0.39 is 17.7 Å². The second kappa shape index (κ2) is 6.20. The highest BCUT2D eigenvalue weighted by atomic mass is 35.5. The van der Waals surface area contributed by atoms with Gasteiger partial charge in [0, 0.05) is 22.7 Å². The van der Waals surface area contributed by atoms with Crippen LogP contribution in [-0.4, -0.2) is 14.2 Å². The van der Waals surface area contributed by atoms with Gasteiger partial charge in [0.25, 0.3) is 0 Å². The molecule has 0 aliphatic rings. The molecule has 1 N–H and O–H groups in total. The molecule has 0 aliphatic heterocycles. The molecular formula is C15H14ClF2NO. The second-order valence-electron chi connectivity index (χ2n) is 4.28. The molecule has 0 radical (unpaired) electrons. The van der Waals surface area contributed by atoms with Crippen LogP contribution in [0, 0.1) is 11.6 Å². The SMILES string of the molecule is CNC(c1ccc(Cl)cc1)c1c(F)cc(OC)cc1F. The summed E-state index contributed by atoms with van der Waals surface area (Å²) >= 11 is 5.82. The summed E-state index contributed by atoms with van der Waals surface area (Å²) in [6, 6.07) is 8.55. The predicted octanol–water partition coefficient (Wildman–Crippen LogP) is 3.94. The topological polar surface area (TPSA) is 21.3 Å². The molecule has 1 atom stereocenters. The lowest BCUT2D eigenvalue weighted by Crippen LogP contribution is -2.20. The quantitative estimate of drug-likeness (QED) is 0.923. The standard InChI is InChI=1S/C15H14ClF2NO/c1-19-15(9-3-5-10(16)6-4-9)14-12(17)7-11(20-2)8-13(14)18/h3-8,15,19H,1-2H3. The smallest absolute Gasteiger partial charge is 0.134 e. The van der Waals surface area contributed by atoms with E-state index in [0.29, 0.717) is 5.02 Å². The van der Waals surface area contributed by atoms with Crippen molar-refractivity contribution in [3.8, 4) is 5.75 Å². The van der Waals surface area contributed by atoms with Gasteiger partial charge in [0.05, 0.1) is 13.2 Å². The van der Waals surface area contributed by atoms with Crippen molar-refractivity contribution in [1.29, 1.82) is 0 Å². The first kappa shape index (κ1) is 14.8. The largest absolute Gasteiger partial charge is 0.497 e. The zero-order valence-electron chi connectivity index (χ0n) is 11.1. The number of hydrogen-bond donors (Lipinski definition) is 1. The minimum Gasteiger partial charge on any atom is -0.497 e. The zero-order chi connectivity index (χ0) is 14.7. The average Bonchev–Trinajstić information content (AvgIpc) is 2.43. The highest BCUT2D eigenvalue weighted by molar-refractivity contribution is 6.30. The molecule has 0 heterocycles. The third kappa shape index (κ3) is 2.92. The van der Waals surface area contributed by atoms with E-state index in [1.54, 1.807) is 31.3 Å². The number of methoxy groups -OCH3 is 1. The fourth-order valence-corrected chi connectivity index (χ4v) is 2.21. The lowest BCUT2D eigenvalue weighted by Gasteiger charge is -2.19. The fraction of sp³-hybridized carbons (Fsp3) is 0.200. The van der Waals surface area contributed by atoms with Gasteiger partial charge in [-0.25, -0.2) is 8.78 Å². The van der Waals surface area contributed by atoms with Crippen LogP contribution in [-0.2, 0) is 0 Å². The number of halogens is 3. The molecule has 0 saturated heterocycles. The third-order valence-electron chi connectivity index (χ3n) is 3.07. The number of benzene rings is 2. The molecule has 0 aromatic heterocycles. The molecule has 2 nitrogen and oxygen atoms in total. The van der Waals surface area contributed by atoms with Crippen molar-refractivity contribution in [1.82, 2.24) is 5.32 Å². The normalized spacial score (nSPS) is 12.2. The van der Waals surface area contributed by atoms with E-state index in [4.69, 9.17) is 16.3 Å². The minimum absolute atomic E-state index is 0.0457. The van der Waals surface area contributed by atoms with Crippen LogP contribution in [0.25, 0.3) is 0 Å². The first-order valence-electron chi connectivity index (χ1n) is 6.02. The summed E-state index contributed by atoms with van der Waals surface area (Å²) in [5.74, 6) is -1.16. The van der Waals surface area contributed by atoms with Crippen molar-refractivity contribution >= 4 is 11.6 Å². The van der Waals surface area contributed by atoms with Gasteiger partial charge in [0.1, 0.15) is 17.4 Å². The highest BCUT2D eigenvalue weighted by Crippen LogP contribution is 2.30. The van der Waals surface area contributed by atoms with Gasteiger partial charge < -0.3 is 10.1 Å². The first-order chi connectivity index (χ1) is 9.56. The van der Waals surface area contributed by atoms with Crippen LogP contribution < -0.4 is 10.1 Å². The van der Waals surface area contributed by atoms with Gasteiger partial charge in [-0.1, -0.05) is 23.7 Å². The summed E-state index contributed by atoms with van der Waals surface area (Å²) in [5, 5.41) is 3.48. The monoisotopic (exact) mass is 297 g/mol. The van der Waals surface area contributed by atoms with E-state index >= 15 is 0 Å². The van der Waals surface area contributed by atoms with Crippen LogP contribution in [0.1, 0.15) is 17.2 Å². The van der Waals surface area contributed by atoms with Gasteiger partial charge in [-0.2, -0.15) is 0 Å². The minimum atomic E-state index is -0.656. The Kier molecular flexibility index (Phi) is 4.57. The number of ether oxygens (including phenoxy) is 1. The molecule has 0 fully saturated rings. The van der Waals surface area contributed by atoms with Crippen molar-refractivity contribution in [2.75, 3.05) is 14.2 Å². The molecule has 106 valence electrons. The van der Waals surface area contributed by atoms with Crippen molar-refractivity contribution in [2.45, 2.75) is 6.04 Å². The van der Waals surface area contributed by atoms with Crippen LogP contribution >= 0.6 is 11.6 Å². The van der Waals surface area contributed by atoms with Crippen molar-refractivity contribution in [2.24, 2.45) is 0 Å². The van der Waals surface area contributed by atoms with Crippen molar-refractivity contribution in [3.05, 3.63) is 64.2 Å². The van der Waals surface area contributed by atoms with E-state index in [0.717, 1.165) is 5.56 Å². The Balaban J connectivity index is 2.49. The molecule has 0 aliphatic carbocycles. The molecule has 0 amide bonds. The molecule has 2 aromatic carbocycles. The maximum absolute atomic E-state index is 14.1. The van der Waals surface area contributed by atoms with Crippen molar-refractivity contribution in [3.63, 3.8) is 0 Å². The van der Waals surface area contributed by atoms with E-state index in [2.05, 4.69) is 5.32 Å². The molecule has 2 aromatic rings. The summed E-state index contributed by atoms with van der Waals surface area (Å²) in [4.78, 5) is 0. The van der Waals surface area contributed by atoms with Crippen LogP contribution in [0.3, 0.4) is 0 Å². The predicted molar refractivity (Wildman–Crippen MR) is 75.3 cm³/mol. The Hall–Kier alpha value is -1.65. The van der Waals surface area contributed by atoms with Crippen LogP contribution in [0.4, 0.5) is 8.78 Å².